The van der Waals surface area contributed by atoms with Crippen LogP contribution in [0.5, 0.6) is 11.5 Å². The second kappa shape index (κ2) is 8.35. The largest absolute Gasteiger partial charge is 0.493 e. The Morgan fingerprint density at radius 1 is 1.25 bits per heavy atom. The van der Waals surface area contributed by atoms with E-state index in [0.717, 1.165) is 24.6 Å². The minimum atomic E-state index is 0. The summed E-state index contributed by atoms with van der Waals surface area (Å²) in [6.07, 6.45) is 2.58. The number of hydrogen-bond acceptors (Lipinski definition) is 4. The predicted molar refractivity (Wildman–Crippen MR) is 84.2 cm³/mol. The van der Waals surface area contributed by atoms with Crippen molar-refractivity contribution >= 4 is 12.4 Å². The highest BCUT2D eigenvalue weighted by molar-refractivity contribution is 5.85. The Labute approximate surface area is 127 Å². The first-order valence-electron chi connectivity index (χ1n) is 6.88. The first-order valence-corrected chi connectivity index (χ1v) is 6.88. The smallest absolute Gasteiger partial charge is 0.161 e. The maximum atomic E-state index is 5.36. The van der Waals surface area contributed by atoms with Gasteiger partial charge in [-0.2, -0.15) is 0 Å². The van der Waals surface area contributed by atoms with E-state index < -0.39 is 0 Å². The molecule has 0 aromatic heterocycles. The standard InChI is InChI=1S/C15H24N2O2.ClH/c1-16-10-13-5-4-8-17(13)11-12-6-7-14(18-2)15(9-12)19-3;/h6-7,9,13,16H,4-5,8,10-11H2,1-3H3;1H. The SMILES string of the molecule is CNCC1CCCN1Cc1ccc(OC)c(OC)c1.Cl. The highest BCUT2D eigenvalue weighted by Crippen LogP contribution is 2.29. The van der Waals surface area contributed by atoms with Crippen molar-refractivity contribution in [2.75, 3.05) is 34.4 Å². The Morgan fingerprint density at radius 2 is 2.00 bits per heavy atom. The topological polar surface area (TPSA) is 33.7 Å². The van der Waals surface area contributed by atoms with E-state index in [1.165, 1.54) is 24.9 Å². The van der Waals surface area contributed by atoms with Crippen molar-refractivity contribution in [3.63, 3.8) is 0 Å². The van der Waals surface area contributed by atoms with Crippen LogP contribution in [0.3, 0.4) is 0 Å². The van der Waals surface area contributed by atoms with Crippen molar-refractivity contribution < 1.29 is 9.47 Å². The third-order valence-electron chi connectivity index (χ3n) is 3.77. The van der Waals surface area contributed by atoms with E-state index in [2.05, 4.69) is 22.3 Å². The summed E-state index contributed by atoms with van der Waals surface area (Å²) >= 11 is 0. The molecule has 5 heteroatoms. The average Bonchev–Trinajstić information content (AvgIpc) is 2.86. The Morgan fingerprint density at radius 3 is 2.65 bits per heavy atom. The van der Waals surface area contributed by atoms with Crippen LogP contribution in [0.15, 0.2) is 18.2 Å². The molecule has 0 spiro atoms. The molecule has 114 valence electrons. The third kappa shape index (κ3) is 4.01. The summed E-state index contributed by atoms with van der Waals surface area (Å²) in [4.78, 5) is 2.54. The lowest BCUT2D eigenvalue weighted by Crippen LogP contribution is -2.36. The van der Waals surface area contributed by atoms with Gasteiger partial charge in [-0.05, 0) is 44.1 Å². The Kier molecular flexibility index (Phi) is 7.13. The van der Waals surface area contributed by atoms with Crippen LogP contribution in [-0.2, 0) is 6.54 Å². The number of rotatable bonds is 6. The number of likely N-dealkylation sites (N-methyl/N-ethyl adjacent to an activating group) is 1. The molecule has 1 saturated heterocycles. The fourth-order valence-electron chi connectivity index (χ4n) is 2.78. The number of ether oxygens (including phenoxy) is 2. The molecule has 1 fully saturated rings. The van der Waals surface area contributed by atoms with Gasteiger partial charge in [0.25, 0.3) is 0 Å². The first-order chi connectivity index (χ1) is 9.28. The van der Waals surface area contributed by atoms with Gasteiger partial charge >= 0.3 is 0 Å². The molecule has 0 aliphatic carbocycles. The van der Waals surface area contributed by atoms with Crippen LogP contribution in [0.25, 0.3) is 0 Å². The third-order valence-corrected chi connectivity index (χ3v) is 3.77. The minimum absolute atomic E-state index is 0. The highest BCUT2D eigenvalue weighted by atomic mass is 35.5. The van der Waals surface area contributed by atoms with Crippen LogP contribution >= 0.6 is 12.4 Å². The summed E-state index contributed by atoms with van der Waals surface area (Å²) in [5, 5.41) is 3.28. The van der Waals surface area contributed by atoms with Gasteiger partial charge in [0.2, 0.25) is 0 Å². The van der Waals surface area contributed by atoms with Gasteiger partial charge in [-0.15, -0.1) is 12.4 Å². The lowest BCUT2D eigenvalue weighted by atomic mass is 10.1. The van der Waals surface area contributed by atoms with Crippen LogP contribution < -0.4 is 14.8 Å². The number of halogens is 1. The van der Waals surface area contributed by atoms with E-state index in [9.17, 15) is 0 Å². The number of nitrogens with one attached hydrogen (secondary N) is 1. The summed E-state index contributed by atoms with van der Waals surface area (Å²) in [6.45, 7) is 3.22. The fraction of sp³-hybridized carbons (Fsp3) is 0.600. The molecule has 1 aromatic carbocycles. The van der Waals surface area contributed by atoms with Gasteiger partial charge < -0.3 is 14.8 Å². The maximum absolute atomic E-state index is 5.36. The van der Waals surface area contributed by atoms with E-state index in [1.54, 1.807) is 14.2 Å². The lowest BCUT2D eigenvalue weighted by molar-refractivity contribution is 0.242. The number of benzene rings is 1. The number of hydrogen-bond donors (Lipinski definition) is 1. The molecule has 1 atom stereocenters. The Bertz CT molecular complexity index is 415. The van der Waals surface area contributed by atoms with Crippen molar-refractivity contribution in [2.24, 2.45) is 0 Å². The molecule has 0 saturated carbocycles. The van der Waals surface area contributed by atoms with Crippen LogP contribution in [-0.4, -0.2) is 45.3 Å². The Hall–Kier alpha value is -0.970. The Balaban J connectivity index is 0.00000200. The molecule has 1 N–H and O–H groups in total. The van der Waals surface area contributed by atoms with Gasteiger partial charge in [0.1, 0.15) is 0 Å². The van der Waals surface area contributed by atoms with E-state index in [0.29, 0.717) is 6.04 Å². The molecule has 1 aromatic rings. The quantitative estimate of drug-likeness (QED) is 0.874. The monoisotopic (exact) mass is 300 g/mol. The summed E-state index contributed by atoms with van der Waals surface area (Å²) < 4.78 is 10.6. The van der Waals surface area contributed by atoms with E-state index >= 15 is 0 Å². The van der Waals surface area contributed by atoms with Crippen LogP contribution in [0, 0.1) is 0 Å². The summed E-state index contributed by atoms with van der Waals surface area (Å²) in [6, 6.07) is 6.83. The summed E-state index contributed by atoms with van der Waals surface area (Å²) in [5.74, 6) is 1.60. The zero-order valence-electron chi connectivity index (χ0n) is 12.5. The van der Waals surface area contributed by atoms with Crippen molar-refractivity contribution in [3.8, 4) is 11.5 Å². The molecule has 1 unspecified atom stereocenters. The van der Waals surface area contributed by atoms with Gasteiger partial charge in [-0.25, -0.2) is 0 Å². The van der Waals surface area contributed by atoms with Crippen molar-refractivity contribution in [1.29, 1.82) is 0 Å². The van der Waals surface area contributed by atoms with Gasteiger partial charge in [0.15, 0.2) is 11.5 Å². The van der Waals surface area contributed by atoms with E-state index in [1.807, 2.05) is 13.1 Å². The molecule has 1 heterocycles. The molecule has 0 amide bonds. The summed E-state index contributed by atoms with van der Waals surface area (Å²) in [7, 11) is 5.37. The maximum Gasteiger partial charge on any atom is 0.161 e. The zero-order valence-corrected chi connectivity index (χ0v) is 13.3. The number of nitrogens with zero attached hydrogens (tertiary/aromatic N) is 1. The molecular formula is C15H25ClN2O2. The van der Waals surface area contributed by atoms with Gasteiger partial charge in [-0.1, -0.05) is 6.07 Å². The van der Waals surface area contributed by atoms with Crippen LogP contribution in [0.1, 0.15) is 18.4 Å². The number of methoxy groups -OCH3 is 2. The average molecular weight is 301 g/mol. The van der Waals surface area contributed by atoms with Gasteiger partial charge in [0, 0.05) is 19.1 Å². The fourth-order valence-corrected chi connectivity index (χ4v) is 2.78. The van der Waals surface area contributed by atoms with Crippen LogP contribution in [0.4, 0.5) is 0 Å². The zero-order chi connectivity index (χ0) is 13.7. The molecule has 1 aliphatic rings. The molecule has 4 nitrogen and oxygen atoms in total. The predicted octanol–water partition coefficient (Wildman–Crippen LogP) is 2.31. The summed E-state index contributed by atoms with van der Waals surface area (Å²) in [5.41, 5.74) is 1.28. The molecule has 0 bridgehead atoms. The van der Waals surface area contributed by atoms with E-state index in [-0.39, 0.29) is 12.4 Å². The minimum Gasteiger partial charge on any atom is -0.493 e. The normalized spacial score (nSPS) is 18.6. The molecule has 2 rings (SSSR count). The number of likely N-dealkylation sites (tertiary alicyclic amines) is 1. The van der Waals surface area contributed by atoms with Crippen molar-refractivity contribution in [2.45, 2.75) is 25.4 Å². The molecule has 20 heavy (non-hydrogen) atoms. The first kappa shape index (κ1) is 17.1. The van der Waals surface area contributed by atoms with Gasteiger partial charge in [-0.3, -0.25) is 4.90 Å². The van der Waals surface area contributed by atoms with Crippen molar-refractivity contribution in [1.82, 2.24) is 10.2 Å². The lowest BCUT2D eigenvalue weighted by Gasteiger charge is -2.24. The second-order valence-corrected chi connectivity index (χ2v) is 5.01. The molecular weight excluding hydrogens is 276 g/mol. The van der Waals surface area contributed by atoms with Crippen molar-refractivity contribution in [3.05, 3.63) is 23.8 Å². The van der Waals surface area contributed by atoms with Gasteiger partial charge in [0.05, 0.1) is 14.2 Å². The molecule has 0 radical (unpaired) electrons. The highest BCUT2D eigenvalue weighted by Gasteiger charge is 2.23. The van der Waals surface area contributed by atoms with E-state index in [4.69, 9.17) is 9.47 Å². The second-order valence-electron chi connectivity index (χ2n) is 5.01. The molecule has 1 aliphatic heterocycles. The van der Waals surface area contributed by atoms with Crippen LogP contribution in [0.2, 0.25) is 0 Å².